The zero-order valence-corrected chi connectivity index (χ0v) is 10.2. The molecule has 3 rings (SSSR count). The van der Waals surface area contributed by atoms with Crippen LogP contribution in [0.1, 0.15) is 25.6 Å². The van der Waals surface area contributed by atoms with E-state index >= 15 is 0 Å². The first kappa shape index (κ1) is 10.9. The fourth-order valence-electron chi connectivity index (χ4n) is 2.17. The second-order valence-corrected chi connectivity index (χ2v) is 4.74. The number of aromatic nitrogens is 2. The number of phenolic OH excluding ortho intramolecular Hbond substituents is 2. The summed E-state index contributed by atoms with van der Waals surface area (Å²) in [5.74, 6) is 0.800. The highest BCUT2D eigenvalue weighted by Gasteiger charge is 2.17. The molecular weight excluding hydrogens is 228 g/mol. The van der Waals surface area contributed by atoms with Crippen molar-refractivity contribution in [2.45, 2.75) is 19.8 Å². The van der Waals surface area contributed by atoms with E-state index in [4.69, 9.17) is 0 Å². The standard InChI is InChI=1S/C14H14N2O2/c1-7(2)14-15-10-8-5-3-4-6-9(8)12(17)13(18)11(10)16-14/h3-7,17-18H,1-2H3,(H,15,16). The second kappa shape index (κ2) is 3.63. The Kier molecular flexibility index (Phi) is 2.20. The molecule has 3 aromatic rings. The number of nitrogens with one attached hydrogen (secondary N) is 1. The first-order valence-corrected chi connectivity index (χ1v) is 5.92. The molecule has 1 heterocycles. The van der Waals surface area contributed by atoms with E-state index in [9.17, 15) is 10.2 Å². The summed E-state index contributed by atoms with van der Waals surface area (Å²) in [7, 11) is 0. The number of benzene rings is 2. The Morgan fingerprint density at radius 1 is 1.06 bits per heavy atom. The largest absolute Gasteiger partial charge is 0.504 e. The van der Waals surface area contributed by atoms with Gasteiger partial charge in [0.15, 0.2) is 11.5 Å². The Hall–Kier alpha value is -2.23. The van der Waals surface area contributed by atoms with Crippen LogP contribution >= 0.6 is 0 Å². The Balaban J connectivity index is 2.53. The van der Waals surface area contributed by atoms with Crippen LogP contribution in [-0.4, -0.2) is 20.2 Å². The maximum Gasteiger partial charge on any atom is 0.184 e. The number of nitrogens with zero attached hydrogens (tertiary/aromatic N) is 1. The minimum absolute atomic E-state index is 0.0999. The third-order valence-electron chi connectivity index (χ3n) is 3.17. The molecule has 18 heavy (non-hydrogen) atoms. The van der Waals surface area contributed by atoms with Crippen molar-refractivity contribution in [1.29, 1.82) is 0 Å². The fraction of sp³-hybridized carbons (Fsp3) is 0.214. The van der Waals surface area contributed by atoms with Crippen molar-refractivity contribution < 1.29 is 10.2 Å². The van der Waals surface area contributed by atoms with Gasteiger partial charge < -0.3 is 15.2 Å². The first-order chi connectivity index (χ1) is 8.59. The van der Waals surface area contributed by atoms with Crippen LogP contribution in [0.4, 0.5) is 0 Å². The molecule has 4 nitrogen and oxygen atoms in total. The zero-order chi connectivity index (χ0) is 12.9. The summed E-state index contributed by atoms with van der Waals surface area (Å²) in [6, 6.07) is 7.38. The molecule has 0 amide bonds. The van der Waals surface area contributed by atoms with Crippen molar-refractivity contribution in [2.24, 2.45) is 0 Å². The maximum absolute atomic E-state index is 10.0. The van der Waals surface area contributed by atoms with Crippen molar-refractivity contribution in [3.63, 3.8) is 0 Å². The van der Waals surface area contributed by atoms with E-state index in [2.05, 4.69) is 9.97 Å². The lowest BCUT2D eigenvalue weighted by Gasteiger charge is -2.04. The van der Waals surface area contributed by atoms with E-state index < -0.39 is 0 Å². The molecule has 0 aliphatic heterocycles. The second-order valence-electron chi connectivity index (χ2n) is 4.74. The van der Waals surface area contributed by atoms with E-state index in [-0.39, 0.29) is 17.4 Å². The van der Waals surface area contributed by atoms with Crippen molar-refractivity contribution >= 4 is 21.8 Å². The predicted molar refractivity (Wildman–Crippen MR) is 71.0 cm³/mol. The van der Waals surface area contributed by atoms with Gasteiger partial charge in [-0.1, -0.05) is 38.1 Å². The van der Waals surface area contributed by atoms with Gasteiger partial charge in [-0.05, 0) is 0 Å². The Bertz CT molecular complexity index is 744. The Labute approximate surface area is 104 Å². The van der Waals surface area contributed by atoms with Crippen LogP contribution in [0, 0.1) is 0 Å². The van der Waals surface area contributed by atoms with Gasteiger partial charge in [-0.15, -0.1) is 0 Å². The summed E-state index contributed by atoms with van der Waals surface area (Å²) < 4.78 is 0. The monoisotopic (exact) mass is 242 g/mol. The van der Waals surface area contributed by atoms with Crippen molar-refractivity contribution in [2.75, 3.05) is 0 Å². The molecule has 0 fully saturated rings. The highest BCUT2D eigenvalue weighted by molar-refractivity contribution is 6.10. The van der Waals surface area contributed by atoms with Gasteiger partial charge in [-0.2, -0.15) is 0 Å². The van der Waals surface area contributed by atoms with Gasteiger partial charge in [0.1, 0.15) is 16.9 Å². The van der Waals surface area contributed by atoms with Gasteiger partial charge in [0.25, 0.3) is 0 Å². The van der Waals surface area contributed by atoms with Gasteiger partial charge in [0.05, 0.1) is 0 Å². The molecule has 1 aromatic heterocycles. The van der Waals surface area contributed by atoms with Crippen LogP contribution in [0.3, 0.4) is 0 Å². The molecule has 0 atom stereocenters. The molecule has 4 heteroatoms. The summed E-state index contributed by atoms with van der Waals surface area (Å²) in [6.07, 6.45) is 0. The Morgan fingerprint density at radius 3 is 2.39 bits per heavy atom. The molecule has 0 unspecified atom stereocenters. The molecule has 0 saturated carbocycles. The van der Waals surface area contributed by atoms with Gasteiger partial charge in [0.2, 0.25) is 0 Å². The van der Waals surface area contributed by atoms with Crippen LogP contribution in [0.25, 0.3) is 21.8 Å². The molecule has 0 bridgehead atoms. The quantitative estimate of drug-likeness (QED) is 0.574. The average molecular weight is 242 g/mol. The molecule has 0 aliphatic carbocycles. The van der Waals surface area contributed by atoms with E-state index in [1.165, 1.54) is 0 Å². The minimum Gasteiger partial charge on any atom is -0.504 e. The van der Waals surface area contributed by atoms with Crippen LogP contribution in [0.15, 0.2) is 24.3 Å². The zero-order valence-electron chi connectivity index (χ0n) is 10.2. The summed E-state index contributed by atoms with van der Waals surface area (Å²) in [6.45, 7) is 4.05. The average Bonchev–Trinajstić information content (AvgIpc) is 2.81. The molecule has 2 aromatic carbocycles. The number of phenols is 2. The topological polar surface area (TPSA) is 69.1 Å². The third kappa shape index (κ3) is 1.35. The molecule has 0 saturated heterocycles. The summed E-state index contributed by atoms with van der Waals surface area (Å²) in [5.41, 5.74) is 1.19. The summed E-state index contributed by atoms with van der Waals surface area (Å²) in [5, 5.41) is 21.5. The first-order valence-electron chi connectivity index (χ1n) is 5.92. The highest BCUT2D eigenvalue weighted by Crippen LogP contribution is 2.41. The highest BCUT2D eigenvalue weighted by atomic mass is 16.3. The van der Waals surface area contributed by atoms with Crippen molar-refractivity contribution in [1.82, 2.24) is 9.97 Å². The van der Waals surface area contributed by atoms with Gasteiger partial charge in [-0.25, -0.2) is 4.98 Å². The van der Waals surface area contributed by atoms with Crippen molar-refractivity contribution in [3.05, 3.63) is 30.1 Å². The number of aromatic amines is 1. The molecule has 0 radical (unpaired) electrons. The lowest BCUT2D eigenvalue weighted by molar-refractivity contribution is 0.412. The summed E-state index contributed by atoms with van der Waals surface area (Å²) in [4.78, 5) is 7.59. The number of fused-ring (bicyclic) bond motifs is 3. The van der Waals surface area contributed by atoms with Crippen LogP contribution in [0.2, 0.25) is 0 Å². The molecule has 0 aliphatic rings. The van der Waals surface area contributed by atoms with Gasteiger partial charge >= 0.3 is 0 Å². The van der Waals surface area contributed by atoms with E-state index in [0.717, 1.165) is 11.2 Å². The maximum atomic E-state index is 10.0. The van der Waals surface area contributed by atoms with E-state index in [1.54, 1.807) is 6.07 Å². The van der Waals surface area contributed by atoms with E-state index in [0.29, 0.717) is 16.4 Å². The molecular formula is C14H14N2O2. The molecule has 3 N–H and O–H groups in total. The molecule has 0 spiro atoms. The Morgan fingerprint density at radius 2 is 1.72 bits per heavy atom. The number of hydrogen-bond acceptors (Lipinski definition) is 3. The third-order valence-corrected chi connectivity index (χ3v) is 3.17. The number of aromatic hydroxyl groups is 2. The summed E-state index contributed by atoms with van der Waals surface area (Å²) >= 11 is 0. The lowest BCUT2D eigenvalue weighted by atomic mass is 10.1. The van der Waals surface area contributed by atoms with Crippen LogP contribution in [0.5, 0.6) is 11.5 Å². The minimum atomic E-state index is -0.136. The van der Waals surface area contributed by atoms with Crippen LogP contribution < -0.4 is 0 Å². The smallest absolute Gasteiger partial charge is 0.184 e. The predicted octanol–water partition coefficient (Wildman–Crippen LogP) is 3.25. The van der Waals surface area contributed by atoms with Crippen LogP contribution in [-0.2, 0) is 0 Å². The number of hydrogen-bond donors (Lipinski definition) is 3. The van der Waals surface area contributed by atoms with Crippen molar-refractivity contribution in [3.8, 4) is 11.5 Å². The normalized spacial score (nSPS) is 11.7. The number of rotatable bonds is 1. The SMILES string of the molecule is CC(C)c1nc2c([nH]1)c(O)c(O)c1ccccc12. The number of H-pyrrole nitrogens is 1. The fourth-order valence-corrected chi connectivity index (χ4v) is 2.17. The van der Waals surface area contributed by atoms with Gasteiger partial charge in [0, 0.05) is 16.7 Å². The molecule has 92 valence electrons. The lowest BCUT2D eigenvalue weighted by Crippen LogP contribution is -1.88. The number of imidazole rings is 1. The van der Waals surface area contributed by atoms with Gasteiger partial charge in [-0.3, -0.25) is 0 Å². The van der Waals surface area contributed by atoms with E-state index in [1.807, 2.05) is 32.0 Å².